The molecule has 9 nitrogen and oxygen atoms in total. The average molecular weight is 562 g/mol. The molecule has 3 aliphatic rings. The Bertz CT molecular complexity index is 1480. The number of nitrogens with zero attached hydrogens (tertiary/aromatic N) is 1. The molecule has 3 amide bonds. The van der Waals surface area contributed by atoms with Gasteiger partial charge in [0.1, 0.15) is 17.3 Å². The third kappa shape index (κ3) is 6.26. The quantitative estimate of drug-likeness (QED) is 0.496. The number of fused-ring (bicyclic) bond motifs is 6. The van der Waals surface area contributed by atoms with Gasteiger partial charge in [0.25, 0.3) is 5.91 Å². The molecule has 3 heterocycles. The highest BCUT2D eigenvalue weighted by atomic mass is 19.1. The van der Waals surface area contributed by atoms with Crippen LogP contribution in [-0.4, -0.2) is 56.0 Å². The monoisotopic (exact) mass is 561 g/mol. The Kier molecular flexibility index (Phi) is 8.37. The van der Waals surface area contributed by atoms with Crippen molar-refractivity contribution in [2.75, 3.05) is 33.4 Å². The minimum absolute atomic E-state index is 0.0789. The van der Waals surface area contributed by atoms with Crippen LogP contribution in [0, 0.1) is 5.82 Å². The van der Waals surface area contributed by atoms with Crippen LogP contribution in [0.2, 0.25) is 0 Å². The van der Waals surface area contributed by atoms with Crippen LogP contribution in [0.15, 0.2) is 54.6 Å². The highest BCUT2D eigenvalue weighted by Gasteiger charge is 2.33. The van der Waals surface area contributed by atoms with Crippen molar-refractivity contribution in [2.45, 2.75) is 32.2 Å². The fourth-order valence-electron chi connectivity index (χ4n) is 5.19. The molecule has 41 heavy (non-hydrogen) atoms. The largest absolute Gasteiger partial charge is 0.493 e. The molecule has 6 rings (SSSR count). The number of carbonyl (C=O) groups is 3. The summed E-state index contributed by atoms with van der Waals surface area (Å²) in [5.74, 6) is 0.473. The van der Waals surface area contributed by atoms with Crippen LogP contribution in [0.3, 0.4) is 0 Å². The number of carbonyl (C=O) groups excluding carboxylic acids is 3. The van der Waals surface area contributed by atoms with E-state index in [0.29, 0.717) is 42.4 Å². The lowest BCUT2D eigenvalue weighted by Gasteiger charge is -2.38. The van der Waals surface area contributed by atoms with Crippen LogP contribution in [0.1, 0.15) is 52.9 Å². The maximum atomic E-state index is 14.5. The van der Waals surface area contributed by atoms with Gasteiger partial charge in [0.05, 0.1) is 25.3 Å². The molecule has 1 unspecified atom stereocenters. The van der Waals surface area contributed by atoms with Crippen molar-refractivity contribution in [1.82, 2.24) is 15.5 Å². The van der Waals surface area contributed by atoms with Gasteiger partial charge in [-0.2, -0.15) is 0 Å². The van der Waals surface area contributed by atoms with Gasteiger partial charge in [-0.1, -0.05) is 12.1 Å². The van der Waals surface area contributed by atoms with Gasteiger partial charge in [0.15, 0.2) is 11.5 Å². The molecule has 2 N–H and O–H groups in total. The van der Waals surface area contributed by atoms with E-state index in [2.05, 4.69) is 10.6 Å². The molecule has 0 aliphatic carbocycles. The van der Waals surface area contributed by atoms with E-state index in [4.69, 9.17) is 14.2 Å². The zero-order chi connectivity index (χ0) is 28.9. The van der Waals surface area contributed by atoms with Crippen molar-refractivity contribution < 1.29 is 33.0 Å². The Balaban J connectivity index is 1.56. The highest BCUT2D eigenvalue weighted by Crippen LogP contribution is 2.41. The molecule has 3 aromatic carbocycles. The number of methoxy groups -OCH3 is 1. The van der Waals surface area contributed by atoms with Gasteiger partial charge in [0.2, 0.25) is 11.8 Å². The highest BCUT2D eigenvalue weighted by molar-refractivity contribution is 5.94. The Labute approximate surface area is 237 Å². The summed E-state index contributed by atoms with van der Waals surface area (Å²) < 4.78 is 32.1. The lowest BCUT2D eigenvalue weighted by atomic mass is 9.87. The van der Waals surface area contributed by atoms with Gasteiger partial charge in [-0.25, -0.2) is 4.39 Å². The van der Waals surface area contributed by atoms with E-state index in [-0.39, 0.29) is 43.5 Å². The van der Waals surface area contributed by atoms with Crippen molar-refractivity contribution in [3.05, 3.63) is 82.7 Å². The van der Waals surface area contributed by atoms with Crippen LogP contribution in [-0.2, 0) is 16.0 Å². The van der Waals surface area contributed by atoms with E-state index >= 15 is 0 Å². The van der Waals surface area contributed by atoms with E-state index in [9.17, 15) is 18.8 Å². The molecule has 214 valence electrons. The van der Waals surface area contributed by atoms with Crippen LogP contribution >= 0.6 is 0 Å². The van der Waals surface area contributed by atoms with E-state index < -0.39 is 17.8 Å². The second-order valence-corrected chi connectivity index (χ2v) is 9.95. The Hall–Kier alpha value is -4.60. The molecule has 0 spiro atoms. The summed E-state index contributed by atoms with van der Waals surface area (Å²) in [6, 6.07) is 14.9. The van der Waals surface area contributed by atoms with Crippen molar-refractivity contribution in [2.24, 2.45) is 0 Å². The predicted octanol–water partition coefficient (Wildman–Crippen LogP) is 4.14. The smallest absolute Gasteiger partial charge is 0.254 e. The molecule has 0 saturated heterocycles. The summed E-state index contributed by atoms with van der Waals surface area (Å²) in [7, 11) is 1.55. The summed E-state index contributed by atoms with van der Waals surface area (Å²) in [6.45, 7) is 2.68. The van der Waals surface area contributed by atoms with Crippen molar-refractivity contribution >= 4 is 17.7 Å². The summed E-state index contributed by atoms with van der Waals surface area (Å²) in [4.78, 5) is 39.3. The number of nitrogens with one attached hydrogen (secondary N) is 2. The molecule has 10 heteroatoms. The summed E-state index contributed by atoms with van der Waals surface area (Å²) in [5.41, 5.74) is 2.68. The van der Waals surface area contributed by atoms with E-state index in [1.54, 1.807) is 13.2 Å². The maximum Gasteiger partial charge on any atom is 0.254 e. The van der Waals surface area contributed by atoms with Gasteiger partial charge < -0.3 is 29.7 Å². The first-order chi connectivity index (χ1) is 19.8. The first kappa shape index (κ1) is 27.9. The summed E-state index contributed by atoms with van der Waals surface area (Å²) in [6.07, 6.45) is 1.23. The van der Waals surface area contributed by atoms with Crippen LogP contribution in [0.25, 0.3) is 0 Å². The fraction of sp³-hybridized carbons (Fsp3) is 0.323. The molecule has 0 radical (unpaired) electrons. The van der Waals surface area contributed by atoms with Crippen LogP contribution in [0.5, 0.6) is 23.0 Å². The predicted molar refractivity (Wildman–Crippen MR) is 149 cm³/mol. The summed E-state index contributed by atoms with van der Waals surface area (Å²) in [5, 5.41) is 5.43. The standard InChI is InChI=1S/C31H32FN3O6/c1-19(36)33-13-10-29(37)35-14-11-20-16-22-5-7-24(20)30(35)21-4-9-27(39-2)28(17-21)40-15-3-12-34-31(38)25-18-23(41-22)6-8-26(25)32/h4-9,16-18,30H,3,10-15H2,1-2H3,(H,33,36)(H,34,38). The average Bonchev–Trinajstić information content (AvgIpc) is 2.96. The van der Waals surface area contributed by atoms with Gasteiger partial charge in [-0.15, -0.1) is 0 Å². The van der Waals surface area contributed by atoms with E-state index in [1.165, 1.54) is 25.1 Å². The number of hydrogen-bond acceptors (Lipinski definition) is 6. The fourth-order valence-corrected chi connectivity index (χ4v) is 5.19. The van der Waals surface area contributed by atoms with E-state index in [1.807, 2.05) is 35.2 Å². The third-order valence-electron chi connectivity index (χ3n) is 7.16. The second-order valence-electron chi connectivity index (χ2n) is 9.95. The SMILES string of the molecule is COc1ccc2cc1OCCCNC(=O)c1cc(ccc1F)Oc1ccc3c(c1)CCN(C(=O)CCNC(C)=O)C23. The molecular formula is C31H32FN3O6. The minimum Gasteiger partial charge on any atom is -0.493 e. The normalized spacial score (nSPS) is 16.4. The zero-order valence-corrected chi connectivity index (χ0v) is 23.0. The maximum absolute atomic E-state index is 14.5. The first-order valence-electron chi connectivity index (χ1n) is 13.6. The topological polar surface area (TPSA) is 106 Å². The second kappa shape index (κ2) is 12.3. The minimum atomic E-state index is -0.640. The summed E-state index contributed by atoms with van der Waals surface area (Å²) >= 11 is 0. The zero-order valence-electron chi connectivity index (χ0n) is 23.0. The van der Waals surface area contributed by atoms with Crippen molar-refractivity contribution in [3.63, 3.8) is 0 Å². The number of amides is 3. The van der Waals surface area contributed by atoms with Gasteiger partial charge in [-0.05, 0) is 72.0 Å². The van der Waals surface area contributed by atoms with Crippen molar-refractivity contribution in [3.8, 4) is 23.0 Å². The molecule has 3 aromatic rings. The molecule has 1 atom stereocenters. The Morgan fingerprint density at radius 3 is 2.73 bits per heavy atom. The Morgan fingerprint density at radius 1 is 1.12 bits per heavy atom. The van der Waals surface area contributed by atoms with Gasteiger partial charge >= 0.3 is 0 Å². The molecular weight excluding hydrogens is 529 g/mol. The lowest BCUT2D eigenvalue weighted by Crippen LogP contribution is -2.41. The number of rotatable bonds is 4. The number of hydrogen-bond donors (Lipinski definition) is 2. The van der Waals surface area contributed by atoms with E-state index in [0.717, 1.165) is 16.7 Å². The number of ether oxygens (including phenoxy) is 3. The molecule has 0 saturated carbocycles. The third-order valence-corrected chi connectivity index (χ3v) is 7.16. The molecule has 0 aromatic heterocycles. The number of halogens is 1. The van der Waals surface area contributed by atoms with Gasteiger partial charge in [-0.3, -0.25) is 14.4 Å². The van der Waals surface area contributed by atoms with Crippen LogP contribution in [0.4, 0.5) is 4.39 Å². The van der Waals surface area contributed by atoms with Crippen molar-refractivity contribution in [1.29, 1.82) is 0 Å². The van der Waals surface area contributed by atoms with Crippen LogP contribution < -0.4 is 24.8 Å². The lowest BCUT2D eigenvalue weighted by molar-refractivity contribution is -0.133. The molecule has 3 aliphatic heterocycles. The van der Waals surface area contributed by atoms with Gasteiger partial charge in [0, 0.05) is 33.0 Å². The first-order valence-corrected chi connectivity index (χ1v) is 13.6. The Morgan fingerprint density at radius 2 is 1.93 bits per heavy atom. The number of benzene rings is 3. The molecule has 0 fully saturated rings. The molecule has 8 bridgehead atoms.